The Kier molecular flexibility index (Phi) is 2.84. The topological polar surface area (TPSA) is 43.1 Å². The zero-order valence-electron chi connectivity index (χ0n) is 10.5. The second-order valence-corrected chi connectivity index (χ2v) is 5.81. The Bertz CT molecular complexity index is 773. The van der Waals surface area contributed by atoms with Gasteiger partial charge < -0.3 is 5.73 Å². The van der Waals surface area contributed by atoms with Gasteiger partial charge in [0.15, 0.2) is 0 Å². The van der Waals surface area contributed by atoms with Crippen molar-refractivity contribution in [1.29, 1.82) is 0 Å². The zero-order chi connectivity index (χ0) is 13.4. The van der Waals surface area contributed by atoms with Crippen molar-refractivity contribution in [3.05, 3.63) is 63.8 Å². The maximum Gasteiger partial charge on any atom is 0.205 e. The number of aryl methyl sites for hydroxylation is 1. The molecule has 0 aliphatic carbocycles. The molecule has 0 aliphatic heterocycles. The number of ketones is 1. The van der Waals surface area contributed by atoms with E-state index < -0.39 is 0 Å². The number of benzene rings is 2. The SMILES string of the molecule is Cc1ccc(C(=O)c2cc3ccccc3cc2N)s1. The van der Waals surface area contributed by atoms with Gasteiger partial charge in [0.25, 0.3) is 0 Å². The first-order chi connectivity index (χ1) is 9.15. The molecule has 94 valence electrons. The normalized spacial score (nSPS) is 10.8. The first-order valence-electron chi connectivity index (χ1n) is 6.04. The minimum absolute atomic E-state index is 0.00125. The van der Waals surface area contributed by atoms with Crippen molar-refractivity contribution >= 4 is 33.6 Å². The van der Waals surface area contributed by atoms with Gasteiger partial charge in [-0.1, -0.05) is 24.3 Å². The second kappa shape index (κ2) is 4.52. The summed E-state index contributed by atoms with van der Waals surface area (Å²) in [6.45, 7) is 1.99. The Balaban J connectivity index is 2.14. The molecule has 2 N–H and O–H groups in total. The van der Waals surface area contributed by atoms with Crippen molar-refractivity contribution in [3.8, 4) is 0 Å². The maximum absolute atomic E-state index is 12.5. The summed E-state index contributed by atoms with van der Waals surface area (Å²) in [6.07, 6.45) is 0. The van der Waals surface area contributed by atoms with Crippen LogP contribution >= 0.6 is 11.3 Å². The van der Waals surface area contributed by atoms with Gasteiger partial charge in [-0.3, -0.25) is 4.79 Å². The summed E-state index contributed by atoms with van der Waals surface area (Å²) in [5.74, 6) is 0.00125. The lowest BCUT2D eigenvalue weighted by molar-refractivity contribution is 0.104. The average molecular weight is 267 g/mol. The van der Waals surface area contributed by atoms with E-state index in [1.165, 1.54) is 11.3 Å². The van der Waals surface area contributed by atoms with Gasteiger partial charge in [-0.2, -0.15) is 0 Å². The largest absolute Gasteiger partial charge is 0.398 e. The number of carbonyl (C=O) groups is 1. The lowest BCUT2D eigenvalue weighted by atomic mass is 10.0. The molecule has 0 fully saturated rings. The molecule has 2 nitrogen and oxygen atoms in total. The van der Waals surface area contributed by atoms with Gasteiger partial charge >= 0.3 is 0 Å². The molecule has 1 heterocycles. The minimum atomic E-state index is 0.00125. The van der Waals surface area contributed by atoms with E-state index in [0.717, 1.165) is 20.5 Å². The van der Waals surface area contributed by atoms with Gasteiger partial charge in [-0.05, 0) is 42.0 Å². The van der Waals surface area contributed by atoms with Crippen molar-refractivity contribution < 1.29 is 4.79 Å². The highest BCUT2D eigenvalue weighted by Gasteiger charge is 2.14. The monoisotopic (exact) mass is 267 g/mol. The quantitative estimate of drug-likeness (QED) is 0.563. The van der Waals surface area contributed by atoms with Crippen molar-refractivity contribution in [2.45, 2.75) is 6.92 Å². The van der Waals surface area contributed by atoms with E-state index in [9.17, 15) is 4.79 Å². The predicted octanol–water partition coefficient (Wildman–Crippen LogP) is 4.02. The molecule has 0 unspecified atom stereocenters. The number of fused-ring (bicyclic) bond motifs is 1. The minimum Gasteiger partial charge on any atom is -0.398 e. The molecule has 0 bridgehead atoms. The number of hydrogen-bond donors (Lipinski definition) is 1. The number of hydrogen-bond acceptors (Lipinski definition) is 3. The molecule has 0 atom stereocenters. The standard InChI is InChI=1S/C16H13NOS/c1-10-6-7-15(19-10)16(18)13-8-11-4-2-3-5-12(11)9-14(13)17/h2-9H,17H2,1H3. The van der Waals surface area contributed by atoms with E-state index >= 15 is 0 Å². The number of anilines is 1. The van der Waals surface area contributed by atoms with Gasteiger partial charge in [0.05, 0.1) is 4.88 Å². The lowest BCUT2D eigenvalue weighted by Gasteiger charge is -2.06. The number of rotatable bonds is 2. The summed E-state index contributed by atoms with van der Waals surface area (Å²) in [5, 5.41) is 2.09. The van der Waals surface area contributed by atoms with Crippen LogP contribution in [0.3, 0.4) is 0 Å². The van der Waals surface area contributed by atoms with E-state index in [0.29, 0.717) is 11.3 Å². The Hall–Kier alpha value is -2.13. The number of nitrogens with two attached hydrogens (primary N) is 1. The fourth-order valence-electron chi connectivity index (χ4n) is 2.14. The highest BCUT2D eigenvalue weighted by molar-refractivity contribution is 7.14. The average Bonchev–Trinajstić information content (AvgIpc) is 2.84. The highest BCUT2D eigenvalue weighted by Crippen LogP contribution is 2.26. The lowest BCUT2D eigenvalue weighted by Crippen LogP contribution is -2.03. The van der Waals surface area contributed by atoms with Crippen LogP contribution in [0.1, 0.15) is 20.1 Å². The van der Waals surface area contributed by atoms with E-state index in [-0.39, 0.29) is 5.78 Å². The second-order valence-electron chi connectivity index (χ2n) is 4.53. The summed E-state index contributed by atoms with van der Waals surface area (Å²) < 4.78 is 0. The Morgan fingerprint density at radius 3 is 2.37 bits per heavy atom. The third-order valence-electron chi connectivity index (χ3n) is 3.13. The summed E-state index contributed by atoms with van der Waals surface area (Å²) in [5.41, 5.74) is 7.14. The molecule has 0 radical (unpaired) electrons. The van der Waals surface area contributed by atoms with Gasteiger partial charge in [0.1, 0.15) is 0 Å². The van der Waals surface area contributed by atoms with Crippen LogP contribution in [0.25, 0.3) is 10.8 Å². The number of thiophene rings is 1. The molecule has 0 saturated carbocycles. The van der Waals surface area contributed by atoms with Crippen molar-refractivity contribution in [1.82, 2.24) is 0 Å². The molecular formula is C16H13NOS. The molecule has 3 rings (SSSR count). The molecule has 3 aromatic rings. The molecule has 3 heteroatoms. The van der Waals surface area contributed by atoms with E-state index in [1.54, 1.807) is 0 Å². The molecule has 19 heavy (non-hydrogen) atoms. The highest BCUT2D eigenvalue weighted by atomic mass is 32.1. The van der Waals surface area contributed by atoms with Crippen molar-refractivity contribution in [2.24, 2.45) is 0 Å². The van der Waals surface area contributed by atoms with Gasteiger partial charge in [0, 0.05) is 16.1 Å². The van der Waals surface area contributed by atoms with Crippen molar-refractivity contribution in [3.63, 3.8) is 0 Å². The molecule has 0 saturated heterocycles. The number of carbonyl (C=O) groups excluding carboxylic acids is 1. The molecule has 0 aliphatic rings. The Morgan fingerprint density at radius 1 is 1.05 bits per heavy atom. The summed E-state index contributed by atoms with van der Waals surface area (Å²) in [4.78, 5) is 14.3. The zero-order valence-corrected chi connectivity index (χ0v) is 11.3. The van der Waals surface area contributed by atoms with Crippen molar-refractivity contribution in [2.75, 3.05) is 5.73 Å². The molecular weight excluding hydrogens is 254 g/mol. The third-order valence-corrected chi connectivity index (χ3v) is 4.13. The van der Waals surface area contributed by atoms with Gasteiger partial charge in [-0.15, -0.1) is 11.3 Å². The third kappa shape index (κ3) is 2.13. The van der Waals surface area contributed by atoms with E-state index in [4.69, 9.17) is 5.73 Å². The van der Waals surface area contributed by atoms with Crippen LogP contribution < -0.4 is 5.73 Å². The summed E-state index contributed by atoms with van der Waals surface area (Å²) in [6, 6.07) is 15.5. The Labute approximate surface area is 115 Å². The van der Waals surface area contributed by atoms with Crippen LogP contribution in [-0.2, 0) is 0 Å². The van der Waals surface area contributed by atoms with Crippen LogP contribution in [0.4, 0.5) is 5.69 Å². The van der Waals surface area contributed by atoms with Crippen LogP contribution in [0.15, 0.2) is 48.5 Å². The van der Waals surface area contributed by atoms with Crippen LogP contribution in [0.2, 0.25) is 0 Å². The molecule has 1 aromatic heterocycles. The molecule has 0 amide bonds. The first-order valence-corrected chi connectivity index (χ1v) is 6.86. The predicted molar refractivity (Wildman–Crippen MR) is 80.8 cm³/mol. The van der Waals surface area contributed by atoms with Crippen LogP contribution in [0.5, 0.6) is 0 Å². The van der Waals surface area contributed by atoms with Crippen LogP contribution in [-0.4, -0.2) is 5.78 Å². The van der Waals surface area contributed by atoms with Gasteiger partial charge in [0.2, 0.25) is 5.78 Å². The fraction of sp³-hybridized carbons (Fsp3) is 0.0625. The first kappa shape index (κ1) is 11.9. The van der Waals surface area contributed by atoms with Crippen LogP contribution in [0, 0.1) is 6.92 Å². The Morgan fingerprint density at radius 2 is 1.74 bits per heavy atom. The summed E-state index contributed by atoms with van der Waals surface area (Å²) >= 11 is 1.50. The van der Waals surface area contributed by atoms with E-state index in [2.05, 4.69) is 0 Å². The summed E-state index contributed by atoms with van der Waals surface area (Å²) in [7, 11) is 0. The number of nitrogen functional groups attached to an aromatic ring is 1. The smallest absolute Gasteiger partial charge is 0.205 e. The van der Waals surface area contributed by atoms with E-state index in [1.807, 2.05) is 55.5 Å². The maximum atomic E-state index is 12.5. The fourth-order valence-corrected chi connectivity index (χ4v) is 2.97. The molecule has 2 aromatic carbocycles. The molecule has 0 spiro atoms. The van der Waals surface area contributed by atoms with Gasteiger partial charge in [-0.25, -0.2) is 0 Å².